The molecule has 0 spiro atoms. The van der Waals surface area contributed by atoms with Crippen molar-refractivity contribution in [3.8, 4) is 5.75 Å². The number of nitrogens with zero attached hydrogens (tertiary/aromatic N) is 3. The lowest BCUT2D eigenvalue weighted by atomic mass is 10.2. The molecule has 0 N–H and O–H groups in total. The van der Waals surface area contributed by atoms with Gasteiger partial charge in [0.05, 0.1) is 19.9 Å². The molecule has 1 aliphatic heterocycles. The summed E-state index contributed by atoms with van der Waals surface area (Å²) in [5.41, 5.74) is 0.428. The summed E-state index contributed by atoms with van der Waals surface area (Å²) in [4.78, 5) is 20.9. The largest absolute Gasteiger partial charge is 0.494 e. The van der Waals surface area contributed by atoms with Crippen molar-refractivity contribution in [3.63, 3.8) is 0 Å². The molecule has 0 bridgehead atoms. The van der Waals surface area contributed by atoms with E-state index in [-0.39, 0.29) is 5.91 Å². The van der Waals surface area contributed by atoms with Crippen LogP contribution in [0.4, 0.5) is 0 Å². The molecule has 1 aliphatic rings. The zero-order valence-corrected chi connectivity index (χ0v) is 14.5. The standard InChI is InChI=1S/C16H18BrN3O3/c1-22-14-5-4-13(18-15(14)17)16(21)20-8-6-19(7-9-20)11-12-3-2-10-23-12/h2-5,10H,6-9,11H2,1H3. The van der Waals surface area contributed by atoms with Gasteiger partial charge >= 0.3 is 0 Å². The number of rotatable bonds is 4. The number of furan rings is 1. The van der Waals surface area contributed by atoms with Crippen molar-refractivity contribution in [2.75, 3.05) is 33.3 Å². The van der Waals surface area contributed by atoms with Gasteiger partial charge in [0.15, 0.2) is 5.75 Å². The van der Waals surface area contributed by atoms with Gasteiger partial charge in [-0.2, -0.15) is 0 Å². The maximum Gasteiger partial charge on any atom is 0.272 e. The van der Waals surface area contributed by atoms with Gasteiger partial charge in [0.1, 0.15) is 16.1 Å². The van der Waals surface area contributed by atoms with Crippen LogP contribution in [0.3, 0.4) is 0 Å². The first kappa shape index (κ1) is 16.0. The monoisotopic (exact) mass is 379 g/mol. The summed E-state index contributed by atoms with van der Waals surface area (Å²) < 4.78 is 11.0. The topological polar surface area (TPSA) is 58.8 Å². The van der Waals surface area contributed by atoms with Crippen LogP contribution in [-0.2, 0) is 6.54 Å². The Hall–Kier alpha value is -1.86. The van der Waals surface area contributed by atoms with E-state index < -0.39 is 0 Å². The Bertz CT molecular complexity index is 667. The summed E-state index contributed by atoms with van der Waals surface area (Å²) in [6.07, 6.45) is 1.68. The Morgan fingerprint density at radius 1 is 1.30 bits per heavy atom. The van der Waals surface area contributed by atoms with E-state index in [4.69, 9.17) is 9.15 Å². The zero-order valence-electron chi connectivity index (χ0n) is 12.9. The van der Waals surface area contributed by atoms with Crippen LogP contribution in [0, 0.1) is 0 Å². The van der Waals surface area contributed by atoms with E-state index in [1.54, 1.807) is 25.5 Å². The molecule has 23 heavy (non-hydrogen) atoms. The number of methoxy groups -OCH3 is 1. The molecular formula is C16H18BrN3O3. The minimum atomic E-state index is -0.0500. The molecule has 0 aromatic carbocycles. The van der Waals surface area contributed by atoms with Gasteiger partial charge in [0.2, 0.25) is 0 Å². The van der Waals surface area contributed by atoms with Gasteiger partial charge in [-0.05, 0) is 40.2 Å². The normalized spacial score (nSPS) is 15.7. The SMILES string of the molecule is COc1ccc(C(=O)N2CCN(Cc3ccco3)CC2)nc1Br. The summed E-state index contributed by atoms with van der Waals surface area (Å²) in [7, 11) is 1.57. The van der Waals surface area contributed by atoms with Crippen molar-refractivity contribution in [1.29, 1.82) is 0 Å². The minimum Gasteiger partial charge on any atom is -0.494 e. The third kappa shape index (κ3) is 3.73. The van der Waals surface area contributed by atoms with Crippen LogP contribution in [0.1, 0.15) is 16.2 Å². The molecule has 2 aromatic heterocycles. The Morgan fingerprint density at radius 3 is 2.70 bits per heavy atom. The summed E-state index contributed by atoms with van der Waals surface area (Å²) in [5, 5.41) is 0. The second-order valence-corrected chi connectivity index (χ2v) is 6.09. The molecule has 0 unspecified atom stereocenters. The first-order valence-electron chi connectivity index (χ1n) is 7.42. The number of carbonyl (C=O) groups excluding carboxylic acids is 1. The van der Waals surface area contributed by atoms with Crippen molar-refractivity contribution in [2.45, 2.75) is 6.54 Å². The molecule has 1 saturated heterocycles. The van der Waals surface area contributed by atoms with E-state index in [0.29, 0.717) is 29.1 Å². The van der Waals surface area contributed by atoms with Crippen molar-refractivity contribution < 1.29 is 13.9 Å². The number of halogens is 1. The van der Waals surface area contributed by atoms with Gasteiger partial charge < -0.3 is 14.1 Å². The lowest BCUT2D eigenvalue weighted by molar-refractivity contribution is 0.0614. The lowest BCUT2D eigenvalue weighted by Crippen LogP contribution is -2.48. The number of carbonyl (C=O) groups is 1. The maximum atomic E-state index is 12.5. The zero-order chi connectivity index (χ0) is 16.2. The van der Waals surface area contributed by atoms with Gasteiger partial charge in [0, 0.05) is 26.2 Å². The average Bonchev–Trinajstić information content (AvgIpc) is 3.08. The minimum absolute atomic E-state index is 0.0500. The van der Waals surface area contributed by atoms with Crippen LogP contribution in [-0.4, -0.2) is 54.0 Å². The van der Waals surface area contributed by atoms with E-state index in [0.717, 1.165) is 25.4 Å². The summed E-state index contributed by atoms with van der Waals surface area (Å²) in [5.74, 6) is 1.52. The summed E-state index contributed by atoms with van der Waals surface area (Å²) in [6.45, 7) is 3.80. The molecule has 3 heterocycles. The molecule has 0 atom stereocenters. The average molecular weight is 380 g/mol. The number of piperazine rings is 1. The molecule has 2 aromatic rings. The van der Waals surface area contributed by atoms with Gasteiger partial charge in [-0.25, -0.2) is 4.98 Å². The molecule has 3 rings (SSSR count). The lowest BCUT2D eigenvalue weighted by Gasteiger charge is -2.34. The molecule has 0 saturated carbocycles. The Labute approximate surface area is 143 Å². The number of aromatic nitrogens is 1. The fourth-order valence-electron chi connectivity index (χ4n) is 2.59. The quantitative estimate of drug-likeness (QED) is 0.763. The maximum absolute atomic E-state index is 12.5. The highest BCUT2D eigenvalue weighted by atomic mass is 79.9. The van der Waals surface area contributed by atoms with Gasteiger partial charge in [-0.3, -0.25) is 9.69 Å². The van der Waals surface area contributed by atoms with Crippen molar-refractivity contribution in [2.24, 2.45) is 0 Å². The smallest absolute Gasteiger partial charge is 0.272 e. The van der Waals surface area contributed by atoms with E-state index in [1.165, 1.54) is 0 Å². The Morgan fingerprint density at radius 2 is 2.09 bits per heavy atom. The van der Waals surface area contributed by atoms with E-state index in [9.17, 15) is 4.79 Å². The second-order valence-electron chi connectivity index (χ2n) is 5.34. The highest BCUT2D eigenvalue weighted by Gasteiger charge is 2.23. The Balaban J connectivity index is 1.58. The predicted octanol–water partition coefficient (Wildman–Crippen LogP) is 2.40. The molecular weight excluding hydrogens is 362 g/mol. The van der Waals surface area contributed by atoms with Crippen LogP contribution < -0.4 is 4.74 Å². The van der Waals surface area contributed by atoms with Crippen LogP contribution in [0.5, 0.6) is 5.75 Å². The first-order chi connectivity index (χ1) is 11.2. The van der Waals surface area contributed by atoms with Crippen molar-refractivity contribution in [1.82, 2.24) is 14.8 Å². The fourth-order valence-corrected chi connectivity index (χ4v) is 3.07. The van der Waals surface area contributed by atoms with Crippen LogP contribution >= 0.6 is 15.9 Å². The van der Waals surface area contributed by atoms with Crippen LogP contribution in [0.2, 0.25) is 0 Å². The van der Waals surface area contributed by atoms with Crippen LogP contribution in [0.15, 0.2) is 39.5 Å². The molecule has 7 heteroatoms. The number of ether oxygens (including phenoxy) is 1. The molecule has 1 fully saturated rings. The molecule has 122 valence electrons. The molecule has 6 nitrogen and oxygen atoms in total. The number of hydrogen-bond acceptors (Lipinski definition) is 5. The van der Waals surface area contributed by atoms with E-state index in [2.05, 4.69) is 25.8 Å². The third-order valence-corrected chi connectivity index (χ3v) is 4.44. The number of pyridine rings is 1. The van der Waals surface area contributed by atoms with Crippen molar-refractivity contribution in [3.05, 3.63) is 46.6 Å². The van der Waals surface area contributed by atoms with Gasteiger partial charge in [0.25, 0.3) is 5.91 Å². The number of amides is 1. The third-order valence-electron chi connectivity index (χ3n) is 3.87. The van der Waals surface area contributed by atoms with Crippen LogP contribution in [0.25, 0.3) is 0 Å². The second kappa shape index (κ2) is 7.14. The summed E-state index contributed by atoms with van der Waals surface area (Å²) in [6, 6.07) is 7.30. The molecule has 0 radical (unpaired) electrons. The molecule has 0 aliphatic carbocycles. The first-order valence-corrected chi connectivity index (χ1v) is 8.21. The summed E-state index contributed by atoms with van der Waals surface area (Å²) >= 11 is 3.32. The van der Waals surface area contributed by atoms with Crippen molar-refractivity contribution >= 4 is 21.8 Å². The van der Waals surface area contributed by atoms with E-state index in [1.807, 2.05) is 17.0 Å². The fraction of sp³-hybridized carbons (Fsp3) is 0.375. The predicted molar refractivity (Wildman–Crippen MR) is 88.4 cm³/mol. The van der Waals surface area contributed by atoms with Gasteiger partial charge in [-0.1, -0.05) is 0 Å². The Kier molecular flexibility index (Phi) is 4.97. The highest BCUT2D eigenvalue weighted by Crippen LogP contribution is 2.23. The highest BCUT2D eigenvalue weighted by molar-refractivity contribution is 9.10. The van der Waals surface area contributed by atoms with Gasteiger partial charge in [-0.15, -0.1) is 0 Å². The molecule has 1 amide bonds. The number of hydrogen-bond donors (Lipinski definition) is 0. The van der Waals surface area contributed by atoms with E-state index >= 15 is 0 Å².